The number of hydrogen-bond donors (Lipinski definition) is 2. The van der Waals surface area contributed by atoms with Crippen molar-refractivity contribution in [1.29, 1.82) is 0 Å². The van der Waals surface area contributed by atoms with E-state index >= 15 is 0 Å². The van der Waals surface area contributed by atoms with Crippen LogP contribution in [0.4, 0.5) is 10.1 Å². The monoisotopic (exact) mass is 390 g/mol. The lowest BCUT2D eigenvalue weighted by atomic mass is 10.2. The molecule has 2 aromatic carbocycles. The Morgan fingerprint density at radius 2 is 2.04 bits per heavy atom. The summed E-state index contributed by atoms with van der Waals surface area (Å²) in [4.78, 5) is 4.15. The normalized spacial score (nSPS) is 11.5. The molecule has 1 heterocycles. The van der Waals surface area contributed by atoms with E-state index in [2.05, 4.69) is 22.2 Å². The van der Waals surface area contributed by atoms with Gasteiger partial charge in [0.2, 0.25) is 0 Å². The van der Waals surface area contributed by atoms with Gasteiger partial charge in [-0.1, -0.05) is 35.8 Å². The molecule has 0 aliphatic rings. The van der Waals surface area contributed by atoms with Crippen molar-refractivity contribution in [3.8, 4) is 5.75 Å². The number of hydrogen-bond acceptors (Lipinski definition) is 6. The van der Waals surface area contributed by atoms with Gasteiger partial charge >= 0.3 is 0 Å². The van der Waals surface area contributed by atoms with Crippen LogP contribution < -0.4 is 10.2 Å². The third-order valence-corrected chi connectivity index (χ3v) is 4.03. The van der Waals surface area contributed by atoms with Gasteiger partial charge in [0.1, 0.15) is 18.2 Å². The number of ether oxygens (including phenoxy) is 1. The van der Waals surface area contributed by atoms with Gasteiger partial charge in [-0.25, -0.2) is 14.0 Å². The molecule has 0 saturated carbocycles. The second kappa shape index (κ2) is 8.61. The van der Waals surface area contributed by atoms with Gasteiger partial charge in [-0.15, -0.1) is 0 Å². The lowest BCUT2D eigenvalue weighted by Crippen LogP contribution is -2.22. The third kappa shape index (κ3) is 4.60. The average Bonchev–Trinajstić information content (AvgIpc) is 3.16. The fourth-order valence-corrected chi connectivity index (χ4v) is 2.44. The van der Waals surface area contributed by atoms with E-state index in [0.29, 0.717) is 17.1 Å². The molecule has 0 aliphatic carbocycles. The van der Waals surface area contributed by atoms with E-state index in [0.717, 1.165) is 6.42 Å². The first-order chi connectivity index (χ1) is 13.1. The number of amidine groups is 1. The van der Waals surface area contributed by atoms with Gasteiger partial charge in [0.05, 0.1) is 10.7 Å². The predicted molar refractivity (Wildman–Crippen MR) is 97.0 cm³/mol. The van der Waals surface area contributed by atoms with Crippen LogP contribution in [0.3, 0.4) is 0 Å². The third-order valence-electron chi connectivity index (χ3n) is 3.74. The van der Waals surface area contributed by atoms with Crippen LogP contribution in [0, 0.1) is 5.82 Å². The molecule has 0 unspecified atom stereocenters. The number of halogens is 2. The largest absolute Gasteiger partial charge is 0.487 e. The highest BCUT2D eigenvalue weighted by Crippen LogP contribution is 2.22. The van der Waals surface area contributed by atoms with Crippen LogP contribution in [0.2, 0.25) is 5.02 Å². The van der Waals surface area contributed by atoms with Crippen LogP contribution in [0.25, 0.3) is 0 Å². The molecule has 0 aliphatic heterocycles. The Balaban J connectivity index is 1.78. The van der Waals surface area contributed by atoms with Crippen molar-refractivity contribution in [2.75, 3.05) is 0 Å². The van der Waals surface area contributed by atoms with Crippen molar-refractivity contribution in [3.63, 3.8) is 0 Å². The highest BCUT2D eigenvalue weighted by molar-refractivity contribution is 6.31. The number of nitrogens with one attached hydrogen (secondary N) is 1. The van der Waals surface area contributed by atoms with Gasteiger partial charge in [0.15, 0.2) is 17.2 Å². The summed E-state index contributed by atoms with van der Waals surface area (Å²) in [5, 5.41) is 16.8. The summed E-state index contributed by atoms with van der Waals surface area (Å²) in [5.41, 5.74) is 3.92. The quantitative estimate of drug-likeness (QED) is 0.374. The summed E-state index contributed by atoms with van der Waals surface area (Å²) in [6.07, 6.45) is 0.938. The first-order valence-electron chi connectivity index (χ1n) is 8.08. The number of aromatic nitrogens is 2. The molecule has 27 heavy (non-hydrogen) atoms. The molecular formula is C18H16ClFN4O3. The van der Waals surface area contributed by atoms with Crippen molar-refractivity contribution < 1.29 is 19.0 Å². The summed E-state index contributed by atoms with van der Waals surface area (Å²) >= 11 is 5.74. The Bertz CT molecular complexity index is 944. The van der Waals surface area contributed by atoms with E-state index in [1.807, 2.05) is 29.7 Å². The minimum Gasteiger partial charge on any atom is -0.487 e. The maximum absolute atomic E-state index is 13.3. The summed E-state index contributed by atoms with van der Waals surface area (Å²) < 4.78 is 23.7. The van der Waals surface area contributed by atoms with E-state index in [4.69, 9.17) is 21.0 Å². The van der Waals surface area contributed by atoms with Crippen LogP contribution in [0.15, 0.2) is 52.1 Å². The minimum absolute atomic E-state index is 0.0427. The van der Waals surface area contributed by atoms with Gasteiger partial charge in [0, 0.05) is 0 Å². The topological polar surface area (TPSA) is 92.8 Å². The minimum atomic E-state index is -0.569. The van der Waals surface area contributed by atoms with Crippen molar-refractivity contribution in [2.24, 2.45) is 4.99 Å². The fourth-order valence-electron chi connectivity index (χ4n) is 2.27. The summed E-state index contributed by atoms with van der Waals surface area (Å²) in [7, 11) is 0. The van der Waals surface area contributed by atoms with Crippen molar-refractivity contribution >= 4 is 23.1 Å². The molecule has 140 valence electrons. The van der Waals surface area contributed by atoms with E-state index in [1.165, 1.54) is 23.8 Å². The molecule has 0 radical (unpaired) electrons. The zero-order chi connectivity index (χ0) is 19.2. The van der Waals surface area contributed by atoms with E-state index < -0.39 is 5.82 Å². The SMILES string of the molecule is CCc1ccc(OCc2nonc2C(=Nc2ccc(F)c(Cl)c2)NO)cc1. The van der Waals surface area contributed by atoms with Crippen LogP contribution in [-0.2, 0) is 13.0 Å². The van der Waals surface area contributed by atoms with E-state index in [9.17, 15) is 9.60 Å². The standard InChI is InChI=1S/C18H16ClFN4O3/c1-2-11-3-6-13(7-4-11)26-10-16-17(24-27-23-16)18(22-25)21-12-5-8-15(20)14(19)9-12/h3-9,25H,2,10H2,1H3,(H,21,22). The Morgan fingerprint density at radius 1 is 1.26 bits per heavy atom. The van der Waals surface area contributed by atoms with Gasteiger partial charge < -0.3 is 4.74 Å². The van der Waals surface area contributed by atoms with Gasteiger partial charge in [0.25, 0.3) is 0 Å². The molecule has 3 aromatic rings. The fraction of sp³-hybridized carbons (Fsp3) is 0.167. The van der Waals surface area contributed by atoms with Crippen molar-refractivity contribution in [2.45, 2.75) is 20.0 Å². The van der Waals surface area contributed by atoms with E-state index in [-0.39, 0.29) is 23.2 Å². The van der Waals surface area contributed by atoms with Crippen LogP contribution in [0.1, 0.15) is 23.9 Å². The Labute approximate surface area is 159 Å². The maximum atomic E-state index is 13.3. The zero-order valence-electron chi connectivity index (χ0n) is 14.3. The number of rotatable bonds is 6. The molecule has 3 rings (SSSR count). The molecule has 0 spiro atoms. The summed E-state index contributed by atoms with van der Waals surface area (Å²) in [6.45, 7) is 2.12. The molecule has 0 amide bonds. The first-order valence-corrected chi connectivity index (χ1v) is 8.46. The molecule has 0 saturated heterocycles. The Kier molecular flexibility index (Phi) is 6.00. The van der Waals surface area contributed by atoms with Crippen molar-refractivity contribution in [3.05, 3.63) is 70.3 Å². The van der Waals surface area contributed by atoms with Crippen LogP contribution in [0.5, 0.6) is 5.75 Å². The average molecular weight is 391 g/mol. The lowest BCUT2D eigenvalue weighted by molar-refractivity contribution is 0.233. The number of nitrogens with zero attached hydrogens (tertiary/aromatic N) is 3. The maximum Gasteiger partial charge on any atom is 0.182 e. The van der Waals surface area contributed by atoms with Crippen LogP contribution in [-0.4, -0.2) is 21.4 Å². The Hall–Kier alpha value is -2.97. The molecule has 0 fully saturated rings. The summed E-state index contributed by atoms with van der Waals surface area (Å²) in [5.74, 6) is 0.0428. The van der Waals surface area contributed by atoms with Crippen molar-refractivity contribution in [1.82, 2.24) is 15.8 Å². The van der Waals surface area contributed by atoms with E-state index in [1.54, 1.807) is 0 Å². The molecule has 0 atom stereocenters. The second-order valence-corrected chi connectivity index (χ2v) is 5.92. The number of aryl methyl sites for hydroxylation is 1. The van der Waals surface area contributed by atoms with Gasteiger partial charge in [-0.05, 0) is 47.5 Å². The highest BCUT2D eigenvalue weighted by Gasteiger charge is 2.17. The lowest BCUT2D eigenvalue weighted by Gasteiger charge is -2.06. The molecule has 0 bridgehead atoms. The molecule has 9 heteroatoms. The first kappa shape index (κ1) is 18.8. The number of benzene rings is 2. The van der Waals surface area contributed by atoms with Gasteiger partial charge in [-0.3, -0.25) is 10.7 Å². The second-order valence-electron chi connectivity index (χ2n) is 5.52. The van der Waals surface area contributed by atoms with Crippen LogP contribution >= 0.6 is 11.6 Å². The Morgan fingerprint density at radius 3 is 2.70 bits per heavy atom. The zero-order valence-corrected chi connectivity index (χ0v) is 15.1. The summed E-state index contributed by atoms with van der Waals surface area (Å²) in [6, 6.07) is 11.5. The molecule has 1 aromatic heterocycles. The number of hydroxylamine groups is 1. The molecule has 7 nitrogen and oxygen atoms in total. The smallest absolute Gasteiger partial charge is 0.182 e. The molecule has 2 N–H and O–H groups in total. The number of aliphatic imine (C=N–C) groups is 1. The molecular weight excluding hydrogens is 375 g/mol. The highest BCUT2D eigenvalue weighted by atomic mass is 35.5. The predicted octanol–water partition coefficient (Wildman–Crippen LogP) is 4.06. The van der Waals surface area contributed by atoms with Gasteiger partial charge in [-0.2, -0.15) is 0 Å².